The highest BCUT2D eigenvalue weighted by atomic mass is 28.4. The maximum absolute atomic E-state index is 6.00. The zero-order chi connectivity index (χ0) is 13.0. The molecule has 0 aromatic carbocycles. The molecule has 0 radical (unpaired) electrons. The van der Waals surface area contributed by atoms with Crippen LogP contribution in [0, 0.1) is 0 Å². The highest BCUT2D eigenvalue weighted by Gasteiger charge is 2.34. The number of hydrogen-bond donors (Lipinski definition) is 0. The van der Waals surface area contributed by atoms with Crippen molar-refractivity contribution in [2.45, 2.75) is 38.8 Å². The summed E-state index contributed by atoms with van der Waals surface area (Å²) in [4.78, 5) is 0. The zero-order valence-corrected chi connectivity index (χ0v) is 12.8. The van der Waals surface area contributed by atoms with Crippen LogP contribution in [0.2, 0.25) is 12.1 Å². The molecule has 0 N–H and O–H groups in total. The van der Waals surface area contributed by atoms with Crippen LogP contribution in [-0.4, -0.2) is 49.2 Å². The van der Waals surface area contributed by atoms with Crippen molar-refractivity contribution in [3.63, 3.8) is 0 Å². The summed E-state index contributed by atoms with van der Waals surface area (Å²) in [6.45, 7) is 6.88. The molecule has 0 fully saturated rings. The summed E-state index contributed by atoms with van der Waals surface area (Å²) in [5.41, 5.74) is 0. The quantitative estimate of drug-likeness (QED) is 0.401. The number of ether oxygens (including phenoxy) is 2. The number of rotatable bonds is 12. The Hall–Kier alpha value is 0.0569. The molecule has 0 aliphatic heterocycles. The fraction of sp³-hybridized carbons (Fsp3) is 1.00. The van der Waals surface area contributed by atoms with E-state index in [9.17, 15) is 0 Å². The smallest absolute Gasteiger partial charge is 0.338 e. The van der Waals surface area contributed by atoms with E-state index in [1.165, 1.54) is 12.8 Å². The van der Waals surface area contributed by atoms with Gasteiger partial charge in [0, 0.05) is 14.2 Å². The first-order chi connectivity index (χ1) is 8.24. The zero-order valence-electron chi connectivity index (χ0n) is 11.8. The lowest BCUT2D eigenvalue weighted by Gasteiger charge is -2.29. The van der Waals surface area contributed by atoms with Gasteiger partial charge in [0.15, 0.2) is 0 Å². The van der Waals surface area contributed by atoms with Crippen molar-refractivity contribution in [2.24, 2.45) is 0 Å². The third kappa shape index (κ3) is 7.89. The minimum atomic E-state index is -2.02. The van der Waals surface area contributed by atoms with Crippen LogP contribution in [0.3, 0.4) is 0 Å². The van der Waals surface area contributed by atoms with E-state index >= 15 is 0 Å². The molecule has 0 aromatic heterocycles. The molecule has 0 atom stereocenters. The summed E-state index contributed by atoms with van der Waals surface area (Å²) in [5, 5.41) is 0. The molecule has 0 aliphatic rings. The van der Waals surface area contributed by atoms with Gasteiger partial charge in [0.1, 0.15) is 0 Å². The maximum atomic E-state index is 6.00. The molecule has 0 unspecified atom stereocenters. The van der Waals surface area contributed by atoms with Gasteiger partial charge >= 0.3 is 8.56 Å². The highest BCUT2D eigenvalue weighted by Crippen LogP contribution is 2.21. The van der Waals surface area contributed by atoms with Crippen molar-refractivity contribution in [3.8, 4) is 0 Å². The van der Waals surface area contributed by atoms with E-state index in [2.05, 4.69) is 13.8 Å². The number of hydrogen-bond acceptors (Lipinski definition) is 4. The van der Waals surface area contributed by atoms with Crippen molar-refractivity contribution in [3.05, 3.63) is 0 Å². The molecule has 4 nitrogen and oxygen atoms in total. The molecule has 17 heavy (non-hydrogen) atoms. The third-order valence-electron chi connectivity index (χ3n) is 2.76. The van der Waals surface area contributed by atoms with Crippen molar-refractivity contribution >= 4 is 8.56 Å². The van der Waals surface area contributed by atoms with E-state index in [4.69, 9.17) is 18.3 Å². The summed E-state index contributed by atoms with van der Waals surface area (Å²) in [6.07, 6.45) is 2.34. The van der Waals surface area contributed by atoms with Gasteiger partial charge in [-0.05, 0) is 12.1 Å². The van der Waals surface area contributed by atoms with Gasteiger partial charge in [-0.2, -0.15) is 0 Å². The minimum Gasteiger partial charge on any atom is -0.392 e. The Kier molecular flexibility index (Phi) is 11.2. The average Bonchev–Trinajstić information content (AvgIpc) is 2.36. The van der Waals surface area contributed by atoms with Gasteiger partial charge in [-0.1, -0.05) is 26.7 Å². The molecule has 104 valence electrons. The van der Waals surface area contributed by atoms with Crippen molar-refractivity contribution in [1.29, 1.82) is 0 Å². The second kappa shape index (κ2) is 11.2. The SMILES string of the molecule is CCCC[Si](CC)(OCCOC)OCCOC. The van der Waals surface area contributed by atoms with Gasteiger partial charge in [-0.15, -0.1) is 0 Å². The van der Waals surface area contributed by atoms with E-state index in [0.717, 1.165) is 12.1 Å². The van der Waals surface area contributed by atoms with E-state index in [1.54, 1.807) is 14.2 Å². The van der Waals surface area contributed by atoms with E-state index < -0.39 is 8.56 Å². The summed E-state index contributed by atoms with van der Waals surface area (Å²) in [6, 6.07) is 2.05. The lowest BCUT2D eigenvalue weighted by molar-refractivity contribution is 0.0858. The number of methoxy groups -OCH3 is 2. The monoisotopic (exact) mass is 264 g/mol. The van der Waals surface area contributed by atoms with Crippen LogP contribution in [0.5, 0.6) is 0 Å². The van der Waals surface area contributed by atoms with Crippen LogP contribution >= 0.6 is 0 Å². The maximum Gasteiger partial charge on any atom is 0.338 e. The fourth-order valence-electron chi connectivity index (χ4n) is 1.64. The number of unbranched alkanes of at least 4 members (excludes halogenated alkanes) is 1. The lowest BCUT2D eigenvalue weighted by Crippen LogP contribution is -2.43. The molecular formula is C12H28O4Si. The first kappa shape index (κ1) is 17.1. The molecule has 5 heteroatoms. The largest absolute Gasteiger partial charge is 0.392 e. The Labute approximate surface area is 107 Å². The Bertz CT molecular complexity index is 157. The van der Waals surface area contributed by atoms with Crippen LogP contribution in [0.4, 0.5) is 0 Å². The van der Waals surface area contributed by atoms with Gasteiger partial charge in [0.2, 0.25) is 0 Å². The van der Waals surface area contributed by atoms with E-state index in [0.29, 0.717) is 26.4 Å². The van der Waals surface area contributed by atoms with Crippen molar-refractivity contribution in [2.75, 3.05) is 40.6 Å². The molecule has 0 spiro atoms. The Morgan fingerprint density at radius 2 is 1.35 bits per heavy atom. The van der Waals surface area contributed by atoms with Crippen LogP contribution < -0.4 is 0 Å². The molecule has 0 saturated carbocycles. The van der Waals surface area contributed by atoms with Crippen molar-refractivity contribution in [1.82, 2.24) is 0 Å². The molecule has 0 amide bonds. The van der Waals surface area contributed by atoms with Gasteiger partial charge in [-0.25, -0.2) is 0 Å². The normalized spacial score (nSPS) is 12.0. The predicted molar refractivity (Wildman–Crippen MR) is 71.6 cm³/mol. The van der Waals surface area contributed by atoms with Crippen LogP contribution in [-0.2, 0) is 18.3 Å². The Morgan fingerprint density at radius 1 is 0.824 bits per heavy atom. The lowest BCUT2D eigenvalue weighted by atomic mass is 10.4. The summed E-state index contributed by atoms with van der Waals surface area (Å²) < 4.78 is 22.1. The molecule has 0 heterocycles. The summed E-state index contributed by atoms with van der Waals surface area (Å²) in [7, 11) is 1.36. The molecular weight excluding hydrogens is 236 g/mol. The van der Waals surface area contributed by atoms with E-state index in [1.807, 2.05) is 0 Å². The Balaban J connectivity index is 4.17. The average molecular weight is 264 g/mol. The molecule has 0 aliphatic carbocycles. The van der Waals surface area contributed by atoms with Gasteiger partial charge < -0.3 is 18.3 Å². The van der Waals surface area contributed by atoms with Crippen molar-refractivity contribution < 1.29 is 18.3 Å². The first-order valence-corrected chi connectivity index (χ1v) is 8.73. The summed E-state index contributed by atoms with van der Waals surface area (Å²) >= 11 is 0. The van der Waals surface area contributed by atoms with Crippen LogP contribution in [0.1, 0.15) is 26.7 Å². The van der Waals surface area contributed by atoms with Crippen LogP contribution in [0.15, 0.2) is 0 Å². The second-order valence-corrected chi connectivity index (χ2v) is 7.66. The molecule has 0 aromatic rings. The topological polar surface area (TPSA) is 36.9 Å². The Morgan fingerprint density at radius 3 is 1.71 bits per heavy atom. The molecule has 0 saturated heterocycles. The van der Waals surface area contributed by atoms with E-state index in [-0.39, 0.29) is 0 Å². The summed E-state index contributed by atoms with van der Waals surface area (Å²) in [5.74, 6) is 0. The molecule has 0 bridgehead atoms. The van der Waals surface area contributed by atoms with Gasteiger partial charge in [0.05, 0.1) is 26.4 Å². The van der Waals surface area contributed by atoms with Gasteiger partial charge in [0.25, 0.3) is 0 Å². The predicted octanol–water partition coefficient (Wildman–Crippen LogP) is 2.57. The highest BCUT2D eigenvalue weighted by molar-refractivity contribution is 6.67. The molecule has 0 rings (SSSR count). The van der Waals surface area contributed by atoms with Gasteiger partial charge in [-0.3, -0.25) is 0 Å². The fourth-order valence-corrected chi connectivity index (χ4v) is 4.57. The minimum absolute atomic E-state index is 0.632. The standard InChI is InChI=1S/C12H28O4Si/c1-5-7-12-17(6-2,15-10-8-13-3)16-11-9-14-4/h5-12H2,1-4H3. The third-order valence-corrected chi connectivity index (χ3v) is 6.41. The first-order valence-electron chi connectivity index (χ1n) is 6.50. The van der Waals surface area contributed by atoms with Crippen LogP contribution in [0.25, 0.3) is 0 Å². The second-order valence-electron chi connectivity index (χ2n) is 4.05.